The Balaban J connectivity index is 3.79. The standard InChI is InChI=1S/C18H42O2S3Si2/c1-7-9-11-15-24(5,19-3)17-13-21-23-22-14-18-25(6,20-4)16-12-10-8-2/h7-18H2,1-6H3. The van der Waals surface area contributed by atoms with Gasteiger partial charge in [0.2, 0.25) is 0 Å². The molecule has 0 rings (SSSR count). The first-order valence-electron chi connectivity index (χ1n) is 9.96. The van der Waals surface area contributed by atoms with Crippen LogP contribution in [0.2, 0.25) is 37.3 Å². The summed E-state index contributed by atoms with van der Waals surface area (Å²) in [6.07, 6.45) is 8.00. The molecule has 0 aromatic heterocycles. The molecule has 25 heavy (non-hydrogen) atoms. The Morgan fingerprint density at radius 2 is 1.04 bits per heavy atom. The Kier molecular flexibility index (Phi) is 17.3. The van der Waals surface area contributed by atoms with Crippen LogP contribution in [0.4, 0.5) is 0 Å². The maximum Gasteiger partial charge on any atom is 0.190 e. The van der Waals surface area contributed by atoms with Gasteiger partial charge >= 0.3 is 0 Å². The molecule has 0 spiro atoms. The highest BCUT2D eigenvalue weighted by atomic mass is 33.5. The van der Waals surface area contributed by atoms with Gasteiger partial charge in [0.25, 0.3) is 0 Å². The van der Waals surface area contributed by atoms with Crippen molar-refractivity contribution in [2.75, 3.05) is 25.7 Å². The van der Waals surface area contributed by atoms with Crippen molar-refractivity contribution < 1.29 is 8.85 Å². The van der Waals surface area contributed by atoms with E-state index in [1.807, 2.05) is 45.6 Å². The fourth-order valence-corrected chi connectivity index (χ4v) is 14.4. The van der Waals surface area contributed by atoms with Crippen LogP contribution in [-0.2, 0) is 8.85 Å². The van der Waals surface area contributed by atoms with Gasteiger partial charge in [0.1, 0.15) is 0 Å². The smallest absolute Gasteiger partial charge is 0.190 e. The van der Waals surface area contributed by atoms with E-state index in [1.54, 1.807) is 0 Å². The summed E-state index contributed by atoms with van der Waals surface area (Å²) in [7, 11) is 7.01. The summed E-state index contributed by atoms with van der Waals surface area (Å²) in [6.45, 7) is 9.37. The lowest BCUT2D eigenvalue weighted by molar-refractivity contribution is 0.395. The fourth-order valence-electron chi connectivity index (χ4n) is 2.77. The van der Waals surface area contributed by atoms with Gasteiger partial charge in [-0.25, -0.2) is 0 Å². The van der Waals surface area contributed by atoms with Gasteiger partial charge in [0.05, 0.1) is 0 Å². The molecule has 0 aromatic carbocycles. The third-order valence-corrected chi connectivity index (χ3v) is 17.5. The van der Waals surface area contributed by atoms with Gasteiger partial charge < -0.3 is 8.85 Å². The average molecular weight is 443 g/mol. The highest BCUT2D eigenvalue weighted by Gasteiger charge is 2.27. The molecule has 0 aromatic rings. The molecular weight excluding hydrogens is 401 g/mol. The van der Waals surface area contributed by atoms with Crippen LogP contribution in [0.5, 0.6) is 0 Å². The minimum Gasteiger partial charge on any atom is -0.420 e. The summed E-state index contributed by atoms with van der Waals surface area (Å²) in [6, 6.07) is 5.22. The molecule has 0 aliphatic heterocycles. The minimum absolute atomic E-state index is 1.23. The summed E-state index contributed by atoms with van der Waals surface area (Å²) in [5.41, 5.74) is 0. The largest absolute Gasteiger partial charge is 0.420 e. The number of hydrogen-bond donors (Lipinski definition) is 0. The Hall–Kier alpha value is 1.40. The minimum atomic E-state index is -1.44. The van der Waals surface area contributed by atoms with Crippen LogP contribution >= 0.6 is 31.4 Å². The van der Waals surface area contributed by atoms with Gasteiger partial charge in [0.15, 0.2) is 16.6 Å². The second-order valence-electron chi connectivity index (χ2n) is 7.43. The van der Waals surface area contributed by atoms with Crippen LogP contribution in [0.15, 0.2) is 0 Å². The normalized spacial score (nSPS) is 16.6. The molecule has 0 amide bonds. The SMILES string of the molecule is CCCCC[Si](C)(CCSSSCC[Si](C)(CCCCC)OC)OC. The molecule has 0 N–H and O–H groups in total. The van der Waals surface area contributed by atoms with Gasteiger partial charge in [-0.05, 0) is 47.1 Å². The van der Waals surface area contributed by atoms with Crippen LogP contribution < -0.4 is 0 Å². The van der Waals surface area contributed by atoms with Crippen LogP contribution in [0.1, 0.15) is 52.4 Å². The molecule has 0 bridgehead atoms. The van der Waals surface area contributed by atoms with E-state index in [0.29, 0.717) is 0 Å². The van der Waals surface area contributed by atoms with Gasteiger partial charge in [0, 0.05) is 25.7 Å². The summed E-state index contributed by atoms with van der Waals surface area (Å²) >= 11 is 0. The number of rotatable bonds is 18. The van der Waals surface area contributed by atoms with E-state index in [-0.39, 0.29) is 0 Å². The Bertz CT molecular complexity index is 286. The van der Waals surface area contributed by atoms with Gasteiger partial charge in [-0.15, -0.1) is 0 Å². The van der Waals surface area contributed by atoms with Crippen LogP contribution in [0.3, 0.4) is 0 Å². The molecule has 7 heteroatoms. The van der Waals surface area contributed by atoms with E-state index in [0.717, 1.165) is 0 Å². The predicted molar refractivity (Wildman–Crippen MR) is 128 cm³/mol. The molecule has 0 heterocycles. The molecule has 152 valence electrons. The zero-order valence-corrected chi connectivity index (χ0v) is 22.0. The highest BCUT2D eigenvalue weighted by molar-refractivity contribution is 9.09. The molecule has 2 nitrogen and oxygen atoms in total. The van der Waals surface area contributed by atoms with Crippen molar-refractivity contribution in [1.82, 2.24) is 0 Å². The van der Waals surface area contributed by atoms with E-state index >= 15 is 0 Å². The third kappa shape index (κ3) is 14.1. The molecular formula is C18H42O2S3Si2. The first-order chi connectivity index (χ1) is 11.9. The number of unbranched alkanes of at least 4 members (excludes halogenated alkanes) is 4. The first-order valence-corrected chi connectivity index (χ1v) is 19.4. The Labute approximate surface area is 171 Å². The molecule has 2 unspecified atom stereocenters. The van der Waals surface area contributed by atoms with Crippen molar-refractivity contribution in [1.29, 1.82) is 0 Å². The lowest BCUT2D eigenvalue weighted by Gasteiger charge is -2.25. The van der Waals surface area contributed by atoms with Gasteiger partial charge in [-0.1, -0.05) is 74.0 Å². The first kappa shape index (κ1) is 26.4. The zero-order chi connectivity index (χ0) is 19.0. The van der Waals surface area contributed by atoms with E-state index in [4.69, 9.17) is 8.85 Å². The molecule has 2 atom stereocenters. The van der Waals surface area contributed by atoms with Crippen molar-refractivity contribution in [3.8, 4) is 0 Å². The maximum absolute atomic E-state index is 5.92. The topological polar surface area (TPSA) is 18.5 Å². The zero-order valence-electron chi connectivity index (χ0n) is 17.5. The van der Waals surface area contributed by atoms with Crippen LogP contribution in [-0.4, -0.2) is 42.4 Å². The summed E-state index contributed by atoms with van der Waals surface area (Å²) in [5.74, 6) is 2.46. The highest BCUT2D eigenvalue weighted by Crippen LogP contribution is 2.38. The number of hydrogen-bond acceptors (Lipinski definition) is 5. The molecule has 0 fully saturated rings. The second-order valence-corrected chi connectivity index (χ2v) is 20.5. The van der Waals surface area contributed by atoms with Crippen LogP contribution in [0.25, 0.3) is 0 Å². The monoisotopic (exact) mass is 442 g/mol. The van der Waals surface area contributed by atoms with Crippen molar-refractivity contribution >= 4 is 48.0 Å². The Morgan fingerprint density at radius 3 is 1.36 bits per heavy atom. The van der Waals surface area contributed by atoms with Gasteiger partial charge in [-0.3, -0.25) is 0 Å². The second kappa shape index (κ2) is 16.4. The average Bonchev–Trinajstić information content (AvgIpc) is 2.61. The van der Waals surface area contributed by atoms with Crippen molar-refractivity contribution in [3.05, 3.63) is 0 Å². The van der Waals surface area contributed by atoms with Crippen molar-refractivity contribution in [3.63, 3.8) is 0 Å². The predicted octanol–water partition coefficient (Wildman–Crippen LogP) is 7.84. The molecule has 0 aliphatic carbocycles. The molecule has 0 aliphatic rings. The molecule has 0 radical (unpaired) electrons. The Morgan fingerprint density at radius 1 is 0.640 bits per heavy atom. The lowest BCUT2D eigenvalue weighted by Crippen LogP contribution is -2.33. The van der Waals surface area contributed by atoms with Crippen molar-refractivity contribution in [2.24, 2.45) is 0 Å². The summed E-state index contributed by atoms with van der Waals surface area (Å²) in [5, 5.41) is 0. The lowest BCUT2D eigenvalue weighted by atomic mass is 10.3. The van der Waals surface area contributed by atoms with E-state index in [2.05, 4.69) is 26.9 Å². The van der Waals surface area contributed by atoms with Crippen molar-refractivity contribution in [2.45, 2.75) is 89.6 Å². The molecule has 0 saturated heterocycles. The summed E-state index contributed by atoms with van der Waals surface area (Å²) in [4.78, 5) is 0. The van der Waals surface area contributed by atoms with Crippen LogP contribution in [0, 0.1) is 0 Å². The summed E-state index contributed by atoms with van der Waals surface area (Å²) < 4.78 is 11.8. The maximum atomic E-state index is 5.92. The molecule has 0 saturated carbocycles. The van der Waals surface area contributed by atoms with E-state index in [9.17, 15) is 0 Å². The quantitative estimate of drug-likeness (QED) is 0.122. The van der Waals surface area contributed by atoms with E-state index in [1.165, 1.54) is 74.2 Å². The van der Waals surface area contributed by atoms with E-state index < -0.39 is 16.6 Å². The third-order valence-electron chi connectivity index (χ3n) is 5.13. The van der Waals surface area contributed by atoms with Gasteiger partial charge in [-0.2, -0.15) is 0 Å². The fraction of sp³-hybridized carbons (Fsp3) is 1.00.